The molecule has 56 valence electrons. The third-order valence-electron chi connectivity index (χ3n) is 1.16. The standard InChI is InChI=1S/C6H15NO2/c1-5(2)3-6(4-8)7-9/h5-9H,3-4H2,1-2H3/t6-/m0/s1. The topological polar surface area (TPSA) is 52.5 Å². The first-order valence-electron chi connectivity index (χ1n) is 3.21. The monoisotopic (exact) mass is 133 g/mol. The molecule has 0 aromatic carbocycles. The second kappa shape index (κ2) is 4.73. The summed E-state index contributed by atoms with van der Waals surface area (Å²) in [5, 5.41) is 16.9. The molecule has 0 aromatic rings. The summed E-state index contributed by atoms with van der Waals surface area (Å²) in [7, 11) is 0. The van der Waals surface area contributed by atoms with Gasteiger partial charge in [0.15, 0.2) is 0 Å². The van der Waals surface area contributed by atoms with E-state index in [1.54, 1.807) is 0 Å². The van der Waals surface area contributed by atoms with Crippen molar-refractivity contribution in [2.75, 3.05) is 6.61 Å². The molecule has 0 fully saturated rings. The average Bonchev–Trinajstić information content (AvgIpc) is 1.82. The summed E-state index contributed by atoms with van der Waals surface area (Å²) < 4.78 is 0. The van der Waals surface area contributed by atoms with Gasteiger partial charge >= 0.3 is 0 Å². The molecule has 0 rings (SSSR count). The first-order chi connectivity index (χ1) is 4.20. The van der Waals surface area contributed by atoms with Crippen LogP contribution in [0.5, 0.6) is 0 Å². The molecular formula is C6H15NO2. The van der Waals surface area contributed by atoms with E-state index in [4.69, 9.17) is 10.3 Å². The lowest BCUT2D eigenvalue weighted by atomic mass is 10.1. The zero-order valence-electron chi connectivity index (χ0n) is 5.96. The Hall–Kier alpha value is -0.120. The van der Waals surface area contributed by atoms with Gasteiger partial charge in [0.2, 0.25) is 0 Å². The van der Waals surface area contributed by atoms with Crippen LogP contribution in [0.2, 0.25) is 0 Å². The predicted octanol–water partition coefficient (Wildman–Crippen LogP) is 0.372. The van der Waals surface area contributed by atoms with Crippen LogP contribution in [0.25, 0.3) is 0 Å². The van der Waals surface area contributed by atoms with Crippen LogP contribution in [0.1, 0.15) is 20.3 Å². The van der Waals surface area contributed by atoms with Gasteiger partial charge in [-0.3, -0.25) is 0 Å². The van der Waals surface area contributed by atoms with E-state index in [1.807, 2.05) is 19.3 Å². The Balaban J connectivity index is 3.31. The highest BCUT2D eigenvalue weighted by atomic mass is 16.5. The Kier molecular flexibility index (Phi) is 4.67. The van der Waals surface area contributed by atoms with Gasteiger partial charge in [0.1, 0.15) is 0 Å². The Morgan fingerprint density at radius 3 is 2.11 bits per heavy atom. The zero-order chi connectivity index (χ0) is 7.28. The van der Waals surface area contributed by atoms with Crippen molar-refractivity contribution in [1.29, 1.82) is 0 Å². The minimum atomic E-state index is -0.162. The van der Waals surface area contributed by atoms with Crippen LogP contribution >= 0.6 is 0 Å². The predicted molar refractivity (Wildman–Crippen MR) is 35.3 cm³/mol. The van der Waals surface area contributed by atoms with Gasteiger partial charge in [0.05, 0.1) is 12.6 Å². The van der Waals surface area contributed by atoms with E-state index in [2.05, 4.69) is 0 Å². The lowest BCUT2D eigenvalue weighted by Gasteiger charge is -2.13. The molecule has 0 saturated heterocycles. The van der Waals surface area contributed by atoms with Gasteiger partial charge in [-0.25, -0.2) is 5.48 Å². The van der Waals surface area contributed by atoms with Crippen LogP contribution < -0.4 is 5.48 Å². The normalized spacial score (nSPS) is 14.3. The minimum Gasteiger partial charge on any atom is -0.395 e. The Bertz CT molecular complexity index is 62.1. The Labute approximate surface area is 55.7 Å². The number of nitrogens with one attached hydrogen (secondary N) is 1. The summed E-state index contributed by atoms with van der Waals surface area (Å²) in [6.45, 7) is 4.08. The second-order valence-electron chi connectivity index (χ2n) is 2.64. The van der Waals surface area contributed by atoms with Crippen molar-refractivity contribution in [2.24, 2.45) is 5.92 Å². The first-order valence-corrected chi connectivity index (χ1v) is 3.21. The summed E-state index contributed by atoms with van der Waals surface area (Å²) in [4.78, 5) is 0. The van der Waals surface area contributed by atoms with Crippen LogP contribution in [0.4, 0.5) is 0 Å². The fraction of sp³-hybridized carbons (Fsp3) is 1.00. The van der Waals surface area contributed by atoms with Gasteiger partial charge in [0.25, 0.3) is 0 Å². The molecule has 0 bridgehead atoms. The highest BCUT2D eigenvalue weighted by Gasteiger charge is 2.06. The lowest BCUT2D eigenvalue weighted by molar-refractivity contribution is 0.0803. The van der Waals surface area contributed by atoms with Crippen molar-refractivity contribution < 1.29 is 10.3 Å². The molecule has 0 heterocycles. The van der Waals surface area contributed by atoms with Gasteiger partial charge in [-0.05, 0) is 12.3 Å². The van der Waals surface area contributed by atoms with E-state index in [-0.39, 0.29) is 12.6 Å². The van der Waals surface area contributed by atoms with Crippen LogP contribution in [0, 0.1) is 5.92 Å². The number of aliphatic hydroxyl groups excluding tert-OH is 1. The summed E-state index contributed by atoms with van der Waals surface area (Å²) >= 11 is 0. The van der Waals surface area contributed by atoms with Gasteiger partial charge < -0.3 is 10.3 Å². The van der Waals surface area contributed by atoms with E-state index in [0.29, 0.717) is 5.92 Å². The molecular weight excluding hydrogens is 118 g/mol. The highest BCUT2D eigenvalue weighted by Crippen LogP contribution is 2.02. The van der Waals surface area contributed by atoms with Gasteiger partial charge in [-0.1, -0.05) is 13.8 Å². The largest absolute Gasteiger partial charge is 0.395 e. The average molecular weight is 133 g/mol. The molecule has 1 atom stereocenters. The summed E-state index contributed by atoms with van der Waals surface area (Å²) in [5.41, 5.74) is 2.03. The van der Waals surface area contributed by atoms with E-state index in [0.717, 1.165) is 6.42 Å². The molecule has 0 amide bonds. The molecule has 3 N–H and O–H groups in total. The maximum atomic E-state index is 8.55. The molecule has 0 aliphatic carbocycles. The molecule has 0 spiro atoms. The molecule has 3 heteroatoms. The number of rotatable bonds is 4. The fourth-order valence-corrected chi connectivity index (χ4v) is 0.737. The van der Waals surface area contributed by atoms with E-state index < -0.39 is 0 Å². The van der Waals surface area contributed by atoms with Gasteiger partial charge in [0, 0.05) is 0 Å². The quantitative estimate of drug-likeness (QED) is 0.486. The van der Waals surface area contributed by atoms with E-state index >= 15 is 0 Å². The van der Waals surface area contributed by atoms with Crippen molar-refractivity contribution in [3.05, 3.63) is 0 Å². The Morgan fingerprint density at radius 2 is 2.00 bits per heavy atom. The van der Waals surface area contributed by atoms with Crippen LogP contribution in [-0.2, 0) is 0 Å². The van der Waals surface area contributed by atoms with Crippen molar-refractivity contribution in [3.8, 4) is 0 Å². The van der Waals surface area contributed by atoms with Crippen molar-refractivity contribution in [3.63, 3.8) is 0 Å². The summed E-state index contributed by atoms with van der Waals surface area (Å²) in [5.74, 6) is 0.502. The number of aliphatic hydroxyl groups is 1. The maximum Gasteiger partial charge on any atom is 0.0607 e. The van der Waals surface area contributed by atoms with Crippen LogP contribution in [0.15, 0.2) is 0 Å². The van der Waals surface area contributed by atoms with Crippen molar-refractivity contribution in [2.45, 2.75) is 26.3 Å². The van der Waals surface area contributed by atoms with Crippen LogP contribution in [0.3, 0.4) is 0 Å². The summed E-state index contributed by atoms with van der Waals surface area (Å²) in [6, 6.07) is -0.162. The summed E-state index contributed by atoms with van der Waals surface area (Å²) in [6.07, 6.45) is 0.799. The molecule has 0 aliphatic rings. The number of hydrogen-bond acceptors (Lipinski definition) is 3. The third-order valence-corrected chi connectivity index (χ3v) is 1.16. The Morgan fingerprint density at radius 1 is 1.44 bits per heavy atom. The smallest absolute Gasteiger partial charge is 0.0607 e. The molecule has 0 unspecified atom stereocenters. The minimum absolute atomic E-state index is 0.00528. The number of hydrogen-bond donors (Lipinski definition) is 3. The molecule has 9 heavy (non-hydrogen) atoms. The molecule has 0 radical (unpaired) electrons. The molecule has 0 aliphatic heterocycles. The third kappa shape index (κ3) is 4.39. The van der Waals surface area contributed by atoms with E-state index in [1.165, 1.54) is 0 Å². The molecule has 0 aromatic heterocycles. The van der Waals surface area contributed by atoms with Crippen molar-refractivity contribution in [1.82, 2.24) is 5.48 Å². The first kappa shape index (κ1) is 8.88. The number of hydroxylamine groups is 1. The van der Waals surface area contributed by atoms with Gasteiger partial charge in [-0.2, -0.15) is 0 Å². The highest BCUT2D eigenvalue weighted by molar-refractivity contribution is 4.61. The van der Waals surface area contributed by atoms with Crippen LogP contribution in [-0.4, -0.2) is 23.0 Å². The fourth-order valence-electron chi connectivity index (χ4n) is 0.737. The van der Waals surface area contributed by atoms with Gasteiger partial charge in [-0.15, -0.1) is 0 Å². The molecule has 0 saturated carbocycles. The second-order valence-corrected chi connectivity index (χ2v) is 2.64. The van der Waals surface area contributed by atoms with E-state index in [9.17, 15) is 0 Å². The zero-order valence-corrected chi connectivity index (χ0v) is 5.96. The SMILES string of the molecule is CC(C)C[C@@H](CO)NO. The van der Waals surface area contributed by atoms with Crippen molar-refractivity contribution >= 4 is 0 Å². The lowest BCUT2D eigenvalue weighted by Crippen LogP contribution is -2.30. The molecule has 3 nitrogen and oxygen atoms in total. The maximum absolute atomic E-state index is 8.55.